The van der Waals surface area contributed by atoms with Crippen LogP contribution in [0.4, 0.5) is 0 Å². The van der Waals surface area contributed by atoms with Crippen molar-refractivity contribution in [3.05, 3.63) is 0 Å². The standard InChI is InChI=1S/C10H24N2O2S/c1-5-7-9-12(11)15(13,14)10(3,4)8-6-2/h5-9,11H2,1-4H3. The van der Waals surface area contributed by atoms with E-state index in [0.717, 1.165) is 23.7 Å². The summed E-state index contributed by atoms with van der Waals surface area (Å²) in [4.78, 5) is 0. The summed E-state index contributed by atoms with van der Waals surface area (Å²) in [5, 5.41) is 0. The van der Waals surface area contributed by atoms with Gasteiger partial charge in [0.05, 0.1) is 4.75 Å². The molecule has 0 amide bonds. The van der Waals surface area contributed by atoms with E-state index in [2.05, 4.69) is 0 Å². The summed E-state index contributed by atoms with van der Waals surface area (Å²) in [5.74, 6) is 5.60. The SMILES string of the molecule is CCCCN(N)S(=O)(=O)C(C)(C)CCC. The number of hydrazine groups is 1. The lowest BCUT2D eigenvalue weighted by atomic mass is 10.1. The van der Waals surface area contributed by atoms with Gasteiger partial charge in [0.15, 0.2) is 0 Å². The Kier molecular flexibility index (Phi) is 5.77. The van der Waals surface area contributed by atoms with E-state index < -0.39 is 14.8 Å². The third-order valence-electron chi connectivity index (χ3n) is 2.59. The molecule has 0 bridgehead atoms. The fourth-order valence-corrected chi connectivity index (χ4v) is 2.95. The van der Waals surface area contributed by atoms with Crippen LogP contribution in [0.2, 0.25) is 0 Å². The van der Waals surface area contributed by atoms with Gasteiger partial charge in [0.2, 0.25) is 10.0 Å². The molecule has 5 heteroatoms. The van der Waals surface area contributed by atoms with Gasteiger partial charge in [-0.2, -0.15) is 0 Å². The van der Waals surface area contributed by atoms with Crippen LogP contribution in [0.1, 0.15) is 53.4 Å². The Balaban J connectivity index is 4.65. The first-order chi connectivity index (χ1) is 6.79. The monoisotopic (exact) mass is 236 g/mol. The van der Waals surface area contributed by atoms with Gasteiger partial charge in [0, 0.05) is 6.54 Å². The van der Waals surface area contributed by atoms with Gasteiger partial charge < -0.3 is 0 Å². The lowest BCUT2D eigenvalue weighted by Gasteiger charge is -2.29. The van der Waals surface area contributed by atoms with Crippen molar-refractivity contribution >= 4 is 10.0 Å². The van der Waals surface area contributed by atoms with Crippen LogP contribution in [0.5, 0.6) is 0 Å². The second kappa shape index (κ2) is 5.82. The van der Waals surface area contributed by atoms with E-state index in [0.29, 0.717) is 13.0 Å². The molecule has 0 radical (unpaired) electrons. The summed E-state index contributed by atoms with van der Waals surface area (Å²) in [6.45, 7) is 7.86. The van der Waals surface area contributed by atoms with Crippen LogP contribution in [0, 0.1) is 0 Å². The number of unbranched alkanes of at least 4 members (excludes halogenated alkanes) is 1. The zero-order valence-electron chi connectivity index (χ0n) is 10.3. The Hall–Kier alpha value is -0.130. The van der Waals surface area contributed by atoms with Crippen molar-refractivity contribution in [2.75, 3.05) is 6.54 Å². The van der Waals surface area contributed by atoms with Crippen LogP contribution >= 0.6 is 0 Å². The van der Waals surface area contributed by atoms with Crippen molar-refractivity contribution in [1.82, 2.24) is 4.41 Å². The van der Waals surface area contributed by atoms with Gasteiger partial charge in [0.25, 0.3) is 0 Å². The molecule has 0 saturated heterocycles. The topological polar surface area (TPSA) is 63.4 Å². The second-order valence-corrected chi connectivity index (χ2v) is 7.00. The minimum absolute atomic E-state index is 0.409. The van der Waals surface area contributed by atoms with Gasteiger partial charge in [-0.15, -0.1) is 4.41 Å². The summed E-state index contributed by atoms with van der Waals surface area (Å²) >= 11 is 0. The smallest absolute Gasteiger partial charge is 0.231 e. The van der Waals surface area contributed by atoms with Crippen LogP contribution < -0.4 is 5.84 Å². The maximum absolute atomic E-state index is 12.0. The van der Waals surface area contributed by atoms with Crippen molar-refractivity contribution in [1.29, 1.82) is 0 Å². The quantitative estimate of drug-likeness (QED) is 0.542. The average Bonchev–Trinajstić information content (AvgIpc) is 2.13. The molecule has 92 valence electrons. The van der Waals surface area contributed by atoms with Gasteiger partial charge in [0.1, 0.15) is 0 Å². The third-order valence-corrected chi connectivity index (χ3v) is 4.99. The summed E-state index contributed by atoms with van der Waals surface area (Å²) < 4.78 is 24.3. The molecular weight excluding hydrogens is 212 g/mol. The highest BCUT2D eigenvalue weighted by atomic mass is 32.2. The molecule has 0 unspecified atom stereocenters. The fourth-order valence-electron chi connectivity index (χ4n) is 1.48. The first-order valence-corrected chi connectivity index (χ1v) is 7.00. The molecule has 0 aromatic rings. The maximum Gasteiger partial charge on any atom is 0.231 e. The van der Waals surface area contributed by atoms with Gasteiger partial charge in [-0.05, 0) is 26.7 Å². The Morgan fingerprint density at radius 1 is 1.20 bits per heavy atom. The van der Waals surface area contributed by atoms with Gasteiger partial charge in [-0.3, -0.25) is 5.84 Å². The molecule has 0 saturated carbocycles. The molecule has 0 aromatic heterocycles. The summed E-state index contributed by atoms with van der Waals surface area (Å²) in [6, 6.07) is 0. The van der Waals surface area contributed by atoms with E-state index in [1.807, 2.05) is 13.8 Å². The molecule has 2 N–H and O–H groups in total. The van der Waals surface area contributed by atoms with Crippen molar-refractivity contribution in [2.24, 2.45) is 5.84 Å². The van der Waals surface area contributed by atoms with Crippen LogP contribution in [-0.2, 0) is 10.0 Å². The molecule has 0 heterocycles. The van der Waals surface area contributed by atoms with E-state index in [1.54, 1.807) is 13.8 Å². The number of nitrogens with two attached hydrogens (primary N) is 1. The Morgan fingerprint density at radius 2 is 1.73 bits per heavy atom. The van der Waals surface area contributed by atoms with Crippen molar-refractivity contribution in [2.45, 2.75) is 58.1 Å². The Bertz CT molecular complexity index is 273. The van der Waals surface area contributed by atoms with E-state index in [9.17, 15) is 8.42 Å². The molecule has 0 rings (SSSR count). The highest BCUT2D eigenvalue weighted by Gasteiger charge is 2.36. The van der Waals surface area contributed by atoms with Crippen molar-refractivity contribution < 1.29 is 8.42 Å². The largest absolute Gasteiger partial charge is 0.255 e. The molecule has 0 atom stereocenters. The zero-order valence-corrected chi connectivity index (χ0v) is 11.1. The van der Waals surface area contributed by atoms with Crippen LogP contribution in [0.25, 0.3) is 0 Å². The highest BCUT2D eigenvalue weighted by molar-refractivity contribution is 7.90. The summed E-state index contributed by atoms with van der Waals surface area (Å²) in [5.41, 5.74) is 0. The lowest BCUT2D eigenvalue weighted by Crippen LogP contribution is -2.48. The minimum atomic E-state index is -3.36. The van der Waals surface area contributed by atoms with E-state index in [-0.39, 0.29) is 0 Å². The fraction of sp³-hybridized carbons (Fsp3) is 1.00. The molecular formula is C10H24N2O2S. The van der Waals surface area contributed by atoms with E-state index in [1.165, 1.54) is 0 Å². The summed E-state index contributed by atoms with van der Waals surface area (Å²) in [7, 11) is -3.36. The third kappa shape index (κ3) is 3.74. The average molecular weight is 236 g/mol. The Labute approximate surface area is 93.9 Å². The number of hydrogen-bond donors (Lipinski definition) is 1. The van der Waals surface area contributed by atoms with Gasteiger partial charge in [-0.1, -0.05) is 26.7 Å². The van der Waals surface area contributed by atoms with Crippen LogP contribution in [0.3, 0.4) is 0 Å². The number of sulfonamides is 1. The first-order valence-electron chi connectivity index (χ1n) is 5.56. The minimum Gasteiger partial charge on any atom is -0.255 e. The molecule has 0 fully saturated rings. The Morgan fingerprint density at radius 3 is 2.13 bits per heavy atom. The van der Waals surface area contributed by atoms with Crippen molar-refractivity contribution in [3.8, 4) is 0 Å². The normalized spacial score (nSPS) is 13.5. The first kappa shape index (κ1) is 14.9. The van der Waals surface area contributed by atoms with E-state index in [4.69, 9.17) is 5.84 Å². The number of rotatable bonds is 7. The summed E-state index contributed by atoms with van der Waals surface area (Å²) in [6.07, 6.45) is 3.22. The molecule has 0 aliphatic heterocycles. The molecule has 0 spiro atoms. The molecule has 4 nitrogen and oxygen atoms in total. The van der Waals surface area contributed by atoms with Gasteiger partial charge in [-0.25, -0.2) is 8.42 Å². The van der Waals surface area contributed by atoms with Crippen LogP contribution in [-0.4, -0.2) is 24.1 Å². The van der Waals surface area contributed by atoms with E-state index >= 15 is 0 Å². The highest BCUT2D eigenvalue weighted by Crippen LogP contribution is 2.24. The van der Waals surface area contributed by atoms with Gasteiger partial charge >= 0.3 is 0 Å². The predicted octanol–water partition coefficient (Wildman–Crippen LogP) is 1.87. The van der Waals surface area contributed by atoms with Crippen molar-refractivity contribution in [3.63, 3.8) is 0 Å². The van der Waals surface area contributed by atoms with Crippen LogP contribution in [0.15, 0.2) is 0 Å². The maximum atomic E-state index is 12.0. The predicted molar refractivity (Wildman–Crippen MR) is 63.7 cm³/mol. The molecule has 15 heavy (non-hydrogen) atoms. The lowest BCUT2D eigenvalue weighted by molar-refractivity contribution is 0.389. The molecule has 0 aliphatic rings. The second-order valence-electron chi connectivity index (χ2n) is 4.48. The zero-order chi connectivity index (χ0) is 12.1. The molecule has 0 aromatic carbocycles. The molecule has 0 aliphatic carbocycles. The number of nitrogens with zero attached hydrogens (tertiary/aromatic N) is 1. The number of hydrogen-bond acceptors (Lipinski definition) is 3.